The number of halogens is 2. The average molecular weight is 365 g/mol. The lowest BCUT2D eigenvalue weighted by atomic mass is 9.96. The van der Waals surface area contributed by atoms with Crippen molar-refractivity contribution in [1.29, 1.82) is 0 Å². The van der Waals surface area contributed by atoms with Gasteiger partial charge in [0.1, 0.15) is 0 Å². The van der Waals surface area contributed by atoms with E-state index in [4.69, 9.17) is 23.2 Å². The van der Waals surface area contributed by atoms with Gasteiger partial charge in [0.2, 0.25) is 0 Å². The van der Waals surface area contributed by atoms with Crippen LogP contribution in [0.3, 0.4) is 0 Å². The number of allylic oxidation sites excluding steroid dienone is 2. The molecule has 3 rings (SSSR count). The lowest BCUT2D eigenvalue weighted by Gasteiger charge is -2.11. The summed E-state index contributed by atoms with van der Waals surface area (Å²) in [5, 5.41) is 1.46. The number of rotatable bonds is 5. The Morgan fingerprint density at radius 1 is 0.760 bits per heavy atom. The summed E-state index contributed by atoms with van der Waals surface area (Å²) in [7, 11) is 0. The quantitative estimate of drug-likeness (QED) is 0.441. The Kier molecular flexibility index (Phi) is 6.11. The van der Waals surface area contributed by atoms with Crippen LogP contribution in [0.1, 0.15) is 22.6 Å². The molecule has 0 aromatic heterocycles. The molecule has 0 saturated heterocycles. The lowest BCUT2D eigenvalue weighted by molar-refractivity contribution is 1.09. The number of hydrogen-bond donors (Lipinski definition) is 0. The SMILES string of the molecule is Cl/C(=C/C(/C=C/c1ccccc1)c1ccc(Cl)cc1)c1ccccc1. The van der Waals surface area contributed by atoms with Gasteiger partial charge in [-0.25, -0.2) is 0 Å². The van der Waals surface area contributed by atoms with Crippen molar-refractivity contribution < 1.29 is 0 Å². The van der Waals surface area contributed by atoms with Crippen LogP contribution in [0.4, 0.5) is 0 Å². The van der Waals surface area contributed by atoms with Crippen LogP contribution < -0.4 is 0 Å². The molecule has 1 atom stereocenters. The molecule has 0 aliphatic heterocycles. The first-order chi connectivity index (χ1) is 12.2. The second-order valence-corrected chi connectivity index (χ2v) is 6.57. The molecule has 2 heteroatoms. The predicted molar refractivity (Wildman–Crippen MR) is 110 cm³/mol. The fraction of sp³-hybridized carbons (Fsp3) is 0.0435. The predicted octanol–water partition coefficient (Wildman–Crippen LogP) is 7.42. The minimum absolute atomic E-state index is 0.0604. The summed E-state index contributed by atoms with van der Waals surface area (Å²) in [5.41, 5.74) is 3.31. The average Bonchev–Trinajstić information content (AvgIpc) is 2.67. The first kappa shape index (κ1) is 17.5. The molecule has 0 amide bonds. The maximum absolute atomic E-state index is 6.57. The Hall–Kier alpha value is -2.28. The van der Waals surface area contributed by atoms with Crippen LogP contribution in [0.25, 0.3) is 11.1 Å². The lowest BCUT2D eigenvalue weighted by Crippen LogP contribution is -1.92. The third-order valence-corrected chi connectivity index (χ3v) is 4.52. The summed E-state index contributed by atoms with van der Waals surface area (Å²) in [4.78, 5) is 0. The van der Waals surface area contributed by atoms with Crippen molar-refractivity contribution >= 4 is 34.3 Å². The topological polar surface area (TPSA) is 0 Å². The van der Waals surface area contributed by atoms with E-state index in [9.17, 15) is 0 Å². The highest BCUT2D eigenvalue weighted by atomic mass is 35.5. The van der Waals surface area contributed by atoms with Gasteiger partial charge in [-0.05, 0) is 28.8 Å². The molecular formula is C23H18Cl2. The standard InChI is InChI=1S/C23H18Cl2/c24-22-15-13-19(14-16-22)21(12-11-18-7-3-1-4-8-18)17-23(25)20-9-5-2-6-10-20/h1-17,21H/b12-11+,23-17+. The van der Waals surface area contributed by atoms with Crippen LogP contribution >= 0.6 is 23.2 Å². The molecule has 0 nitrogen and oxygen atoms in total. The van der Waals surface area contributed by atoms with Crippen LogP contribution in [-0.2, 0) is 0 Å². The highest BCUT2D eigenvalue weighted by Crippen LogP contribution is 2.28. The van der Waals surface area contributed by atoms with Crippen molar-refractivity contribution in [2.45, 2.75) is 5.92 Å². The van der Waals surface area contributed by atoms with E-state index in [1.54, 1.807) is 0 Å². The normalized spacial score (nSPS) is 13.1. The summed E-state index contributed by atoms with van der Waals surface area (Å²) < 4.78 is 0. The van der Waals surface area contributed by atoms with Crippen LogP contribution in [0.5, 0.6) is 0 Å². The molecule has 3 aromatic carbocycles. The summed E-state index contributed by atoms with van der Waals surface area (Å²) in [6.45, 7) is 0. The largest absolute Gasteiger partial charge is 0.0843 e. The van der Waals surface area contributed by atoms with Gasteiger partial charge >= 0.3 is 0 Å². The molecule has 0 saturated carbocycles. The van der Waals surface area contributed by atoms with E-state index in [1.807, 2.05) is 72.8 Å². The number of hydrogen-bond acceptors (Lipinski definition) is 0. The van der Waals surface area contributed by atoms with Crippen LogP contribution in [0.15, 0.2) is 97.1 Å². The highest BCUT2D eigenvalue weighted by molar-refractivity contribution is 6.48. The zero-order valence-corrected chi connectivity index (χ0v) is 15.2. The molecule has 0 radical (unpaired) electrons. The van der Waals surface area contributed by atoms with Crippen LogP contribution in [0, 0.1) is 0 Å². The molecule has 0 heterocycles. The molecule has 1 unspecified atom stereocenters. The van der Waals surface area contributed by atoms with Crippen LogP contribution in [-0.4, -0.2) is 0 Å². The molecule has 0 spiro atoms. The van der Waals surface area contributed by atoms with Gasteiger partial charge < -0.3 is 0 Å². The van der Waals surface area contributed by atoms with E-state index in [0.29, 0.717) is 0 Å². The molecule has 0 bridgehead atoms. The van der Waals surface area contributed by atoms with Crippen molar-refractivity contribution in [1.82, 2.24) is 0 Å². The molecule has 0 aliphatic carbocycles. The molecule has 3 aromatic rings. The minimum Gasteiger partial charge on any atom is -0.0843 e. The van der Waals surface area contributed by atoms with Gasteiger partial charge in [-0.2, -0.15) is 0 Å². The zero-order valence-electron chi connectivity index (χ0n) is 13.6. The minimum atomic E-state index is 0.0604. The molecule has 124 valence electrons. The van der Waals surface area contributed by atoms with Crippen molar-refractivity contribution in [3.05, 3.63) is 119 Å². The second-order valence-electron chi connectivity index (χ2n) is 5.73. The van der Waals surface area contributed by atoms with Crippen molar-refractivity contribution in [3.8, 4) is 0 Å². The summed E-state index contributed by atoms with van der Waals surface area (Å²) in [5.74, 6) is 0.0604. The van der Waals surface area contributed by atoms with Crippen molar-refractivity contribution in [2.24, 2.45) is 0 Å². The first-order valence-corrected chi connectivity index (χ1v) is 8.89. The Bertz CT molecular complexity index is 848. The Balaban J connectivity index is 1.94. The monoisotopic (exact) mass is 364 g/mol. The van der Waals surface area contributed by atoms with Gasteiger partial charge in [0.15, 0.2) is 0 Å². The van der Waals surface area contributed by atoms with E-state index >= 15 is 0 Å². The summed E-state index contributed by atoms with van der Waals surface area (Å²) >= 11 is 12.6. The summed E-state index contributed by atoms with van der Waals surface area (Å²) in [6.07, 6.45) is 6.34. The first-order valence-electron chi connectivity index (χ1n) is 8.14. The second kappa shape index (κ2) is 8.71. The number of benzene rings is 3. The van der Waals surface area contributed by atoms with E-state index in [1.165, 1.54) is 0 Å². The Morgan fingerprint density at radius 3 is 2.00 bits per heavy atom. The molecular weight excluding hydrogens is 347 g/mol. The Morgan fingerprint density at radius 2 is 1.36 bits per heavy atom. The van der Waals surface area contributed by atoms with Gasteiger partial charge in [-0.3, -0.25) is 0 Å². The van der Waals surface area contributed by atoms with E-state index in [2.05, 4.69) is 30.4 Å². The van der Waals surface area contributed by atoms with E-state index < -0.39 is 0 Å². The third-order valence-electron chi connectivity index (χ3n) is 3.93. The van der Waals surface area contributed by atoms with E-state index in [0.717, 1.165) is 26.7 Å². The van der Waals surface area contributed by atoms with Gasteiger partial charge in [-0.15, -0.1) is 0 Å². The fourth-order valence-corrected chi connectivity index (χ4v) is 2.97. The van der Waals surface area contributed by atoms with Gasteiger partial charge in [0.05, 0.1) is 0 Å². The van der Waals surface area contributed by atoms with Crippen molar-refractivity contribution in [2.75, 3.05) is 0 Å². The highest BCUT2D eigenvalue weighted by Gasteiger charge is 2.08. The van der Waals surface area contributed by atoms with Crippen LogP contribution in [0.2, 0.25) is 5.02 Å². The van der Waals surface area contributed by atoms with E-state index in [-0.39, 0.29) is 5.92 Å². The zero-order chi connectivity index (χ0) is 17.5. The molecule has 0 aliphatic rings. The maximum Gasteiger partial charge on any atom is 0.0447 e. The molecule has 0 N–H and O–H groups in total. The third kappa shape index (κ3) is 5.09. The fourth-order valence-electron chi connectivity index (χ4n) is 2.58. The molecule has 0 fully saturated rings. The van der Waals surface area contributed by atoms with Gasteiger partial charge in [0.25, 0.3) is 0 Å². The summed E-state index contributed by atoms with van der Waals surface area (Å²) in [6, 6.07) is 28.1. The molecule has 25 heavy (non-hydrogen) atoms. The Labute approximate surface area is 159 Å². The van der Waals surface area contributed by atoms with Gasteiger partial charge in [0, 0.05) is 16.0 Å². The smallest absolute Gasteiger partial charge is 0.0447 e. The van der Waals surface area contributed by atoms with Crippen molar-refractivity contribution in [3.63, 3.8) is 0 Å². The van der Waals surface area contributed by atoms with Gasteiger partial charge in [-0.1, -0.05) is 114 Å². The maximum atomic E-state index is 6.57.